The molecule has 0 saturated carbocycles. The number of halogens is 3. The summed E-state index contributed by atoms with van der Waals surface area (Å²) < 4.78 is 25.5. The summed E-state index contributed by atoms with van der Waals surface area (Å²) in [7, 11) is 0. The Hall–Kier alpha value is -0.850. The first kappa shape index (κ1) is 12.2. The van der Waals surface area contributed by atoms with Crippen LogP contribution in [0.4, 0.5) is 8.78 Å². The Labute approximate surface area is 98.8 Å². The van der Waals surface area contributed by atoms with E-state index in [-0.39, 0.29) is 16.7 Å². The number of ketones is 1. The molecule has 0 aliphatic heterocycles. The molecular formula is C10H7F2IO2. The lowest BCUT2D eigenvalue weighted by atomic mass is 10.0. The maximum absolute atomic E-state index is 12.6. The van der Waals surface area contributed by atoms with Crippen LogP contribution in [0.3, 0.4) is 0 Å². The van der Waals surface area contributed by atoms with Crippen LogP contribution in [0.25, 0.3) is 0 Å². The number of hydrogen-bond donors (Lipinski definition) is 0. The first-order chi connectivity index (χ1) is 6.97. The molecule has 0 aromatic heterocycles. The third-order valence-corrected chi connectivity index (χ3v) is 2.84. The van der Waals surface area contributed by atoms with E-state index in [2.05, 4.69) is 0 Å². The largest absolute Gasteiger partial charge is 0.298 e. The number of hydrogen-bond acceptors (Lipinski definition) is 2. The van der Waals surface area contributed by atoms with E-state index in [0.717, 1.165) is 0 Å². The lowest BCUT2D eigenvalue weighted by Crippen LogP contribution is -2.03. The monoisotopic (exact) mass is 324 g/mol. The van der Waals surface area contributed by atoms with Crippen LogP contribution in [-0.2, 0) is 0 Å². The molecule has 5 heteroatoms. The van der Waals surface area contributed by atoms with Gasteiger partial charge in [-0.25, -0.2) is 8.78 Å². The number of benzene rings is 1. The maximum atomic E-state index is 12.6. The van der Waals surface area contributed by atoms with Gasteiger partial charge < -0.3 is 0 Å². The molecular weight excluding hydrogens is 317 g/mol. The number of carbonyl (C=O) groups excluding carboxylic acids is 2. The van der Waals surface area contributed by atoms with Gasteiger partial charge in [-0.05, 0) is 41.6 Å². The van der Waals surface area contributed by atoms with Crippen LogP contribution in [0, 0.1) is 3.57 Å². The summed E-state index contributed by atoms with van der Waals surface area (Å²) in [6.07, 6.45) is -2.16. The van der Waals surface area contributed by atoms with Crippen molar-refractivity contribution in [2.75, 3.05) is 0 Å². The SMILES string of the molecule is CC(=O)c1cc(C=O)c(I)cc1C(F)F. The summed E-state index contributed by atoms with van der Waals surface area (Å²) in [5, 5.41) is 0. The highest BCUT2D eigenvalue weighted by molar-refractivity contribution is 14.1. The first-order valence-electron chi connectivity index (χ1n) is 4.05. The lowest BCUT2D eigenvalue weighted by molar-refractivity contribution is 0.0999. The van der Waals surface area contributed by atoms with Gasteiger partial charge in [0.1, 0.15) is 0 Å². The van der Waals surface area contributed by atoms with Crippen molar-refractivity contribution in [2.45, 2.75) is 13.3 Å². The average Bonchev–Trinajstić information content (AvgIpc) is 2.16. The summed E-state index contributed by atoms with van der Waals surface area (Å²) in [5.74, 6) is -0.468. The van der Waals surface area contributed by atoms with Gasteiger partial charge in [-0.15, -0.1) is 0 Å². The molecule has 0 heterocycles. The fourth-order valence-electron chi connectivity index (χ4n) is 1.18. The minimum absolute atomic E-state index is 0.0903. The number of Topliss-reactive ketones (excluding diaryl/α,β-unsaturated/α-hetero) is 1. The van der Waals surface area contributed by atoms with Gasteiger partial charge in [-0.2, -0.15) is 0 Å². The quantitative estimate of drug-likeness (QED) is 0.486. The molecule has 0 N–H and O–H groups in total. The van der Waals surface area contributed by atoms with Crippen LogP contribution >= 0.6 is 22.6 Å². The molecule has 0 fully saturated rings. The van der Waals surface area contributed by atoms with E-state index < -0.39 is 12.2 Å². The molecule has 1 rings (SSSR count). The summed E-state index contributed by atoms with van der Waals surface area (Å²) in [6.45, 7) is 1.20. The fraction of sp³-hybridized carbons (Fsp3) is 0.200. The molecule has 2 nitrogen and oxygen atoms in total. The second-order valence-electron chi connectivity index (χ2n) is 2.94. The minimum Gasteiger partial charge on any atom is -0.298 e. The van der Waals surface area contributed by atoms with Crippen LogP contribution in [0.1, 0.15) is 39.6 Å². The Morgan fingerprint density at radius 1 is 1.47 bits per heavy atom. The van der Waals surface area contributed by atoms with E-state index in [0.29, 0.717) is 9.86 Å². The molecule has 0 atom stereocenters. The molecule has 0 bridgehead atoms. The van der Waals surface area contributed by atoms with Gasteiger partial charge in [0.2, 0.25) is 0 Å². The average molecular weight is 324 g/mol. The highest BCUT2D eigenvalue weighted by atomic mass is 127. The van der Waals surface area contributed by atoms with Crippen LogP contribution in [0.5, 0.6) is 0 Å². The van der Waals surface area contributed by atoms with Gasteiger partial charge >= 0.3 is 0 Å². The van der Waals surface area contributed by atoms with Gasteiger partial charge in [0.05, 0.1) is 0 Å². The van der Waals surface area contributed by atoms with Crippen molar-refractivity contribution in [3.8, 4) is 0 Å². The number of carbonyl (C=O) groups is 2. The predicted octanol–water partition coefficient (Wildman–Crippen LogP) is 3.24. The molecule has 0 aliphatic rings. The second kappa shape index (κ2) is 4.78. The summed E-state index contributed by atoms with van der Waals surface area (Å²) >= 11 is 1.78. The van der Waals surface area contributed by atoms with E-state index in [4.69, 9.17) is 0 Å². The van der Waals surface area contributed by atoms with Gasteiger partial charge in [0, 0.05) is 20.3 Å². The third kappa shape index (κ3) is 2.58. The standard InChI is InChI=1S/C10H7F2IO2/c1-5(15)7-2-6(4-14)9(13)3-8(7)10(11)12/h2-4,10H,1H3. The van der Waals surface area contributed by atoms with E-state index in [9.17, 15) is 18.4 Å². The highest BCUT2D eigenvalue weighted by Gasteiger charge is 2.18. The molecule has 0 unspecified atom stereocenters. The van der Waals surface area contributed by atoms with Crippen molar-refractivity contribution < 1.29 is 18.4 Å². The lowest BCUT2D eigenvalue weighted by Gasteiger charge is -2.08. The smallest absolute Gasteiger partial charge is 0.264 e. The van der Waals surface area contributed by atoms with E-state index in [1.165, 1.54) is 19.1 Å². The van der Waals surface area contributed by atoms with Gasteiger partial charge in [-0.3, -0.25) is 9.59 Å². The summed E-state index contributed by atoms with van der Waals surface area (Å²) in [5.41, 5.74) is -0.157. The van der Waals surface area contributed by atoms with Gasteiger partial charge in [-0.1, -0.05) is 0 Å². The minimum atomic E-state index is -2.71. The first-order valence-corrected chi connectivity index (χ1v) is 5.13. The van der Waals surface area contributed by atoms with Gasteiger partial charge in [0.25, 0.3) is 6.43 Å². The Morgan fingerprint density at radius 3 is 2.47 bits per heavy atom. The zero-order valence-corrected chi connectivity index (χ0v) is 9.92. The van der Waals surface area contributed by atoms with Crippen molar-refractivity contribution in [1.29, 1.82) is 0 Å². The molecule has 1 aromatic rings. The Morgan fingerprint density at radius 2 is 2.07 bits per heavy atom. The Bertz CT molecular complexity index is 416. The van der Waals surface area contributed by atoms with Crippen molar-refractivity contribution >= 4 is 34.7 Å². The van der Waals surface area contributed by atoms with E-state index >= 15 is 0 Å². The summed E-state index contributed by atoms with van der Waals surface area (Å²) in [6, 6.07) is 2.38. The predicted molar refractivity (Wildman–Crippen MR) is 59.5 cm³/mol. The van der Waals surface area contributed by atoms with Crippen LogP contribution in [0.2, 0.25) is 0 Å². The molecule has 80 valence electrons. The van der Waals surface area contributed by atoms with Crippen molar-refractivity contribution in [2.24, 2.45) is 0 Å². The normalized spacial score (nSPS) is 10.5. The van der Waals surface area contributed by atoms with E-state index in [1.807, 2.05) is 0 Å². The van der Waals surface area contributed by atoms with Crippen molar-refractivity contribution in [3.05, 3.63) is 32.4 Å². The van der Waals surface area contributed by atoms with E-state index in [1.54, 1.807) is 22.6 Å². The fourth-order valence-corrected chi connectivity index (χ4v) is 1.80. The third-order valence-electron chi connectivity index (χ3n) is 1.91. The molecule has 0 radical (unpaired) electrons. The van der Waals surface area contributed by atoms with Crippen molar-refractivity contribution in [1.82, 2.24) is 0 Å². The van der Waals surface area contributed by atoms with Gasteiger partial charge in [0.15, 0.2) is 12.1 Å². The molecule has 1 aromatic carbocycles. The zero-order valence-electron chi connectivity index (χ0n) is 7.76. The van der Waals surface area contributed by atoms with Crippen LogP contribution < -0.4 is 0 Å². The second-order valence-corrected chi connectivity index (χ2v) is 4.10. The number of alkyl halides is 2. The van der Waals surface area contributed by atoms with Crippen LogP contribution in [-0.4, -0.2) is 12.1 Å². The topological polar surface area (TPSA) is 34.1 Å². The molecule has 0 amide bonds. The molecule has 0 aliphatic carbocycles. The number of aldehydes is 1. The molecule has 0 spiro atoms. The molecule has 0 saturated heterocycles. The number of rotatable bonds is 3. The Balaban J connectivity index is 3.45. The Kier molecular flexibility index (Phi) is 3.90. The molecule has 15 heavy (non-hydrogen) atoms. The zero-order chi connectivity index (χ0) is 11.6. The van der Waals surface area contributed by atoms with Crippen LogP contribution in [0.15, 0.2) is 12.1 Å². The van der Waals surface area contributed by atoms with Crippen molar-refractivity contribution in [3.63, 3.8) is 0 Å². The maximum Gasteiger partial charge on any atom is 0.264 e. The summed E-state index contributed by atoms with van der Waals surface area (Å²) in [4.78, 5) is 21.7. The highest BCUT2D eigenvalue weighted by Crippen LogP contribution is 2.27.